The van der Waals surface area contributed by atoms with Crippen LogP contribution < -0.4 is 5.32 Å². The number of carbonyl (C=O) groups is 2. The van der Waals surface area contributed by atoms with Gasteiger partial charge in [0, 0.05) is 28.8 Å². The fraction of sp³-hybridized carbons (Fsp3) is 0.174. The Morgan fingerprint density at radius 1 is 1.03 bits per heavy atom. The fourth-order valence-electron chi connectivity index (χ4n) is 2.95. The normalized spacial score (nSPS) is 11.5. The summed E-state index contributed by atoms with van der Waals surface area (Å²) in [7, 11) is 0. The van der Waals surface area contributed by atoms with Crippen LogP contribution in [0.25, 0.3) is 10.4 Å². The van der Waals surface area contributed by atoms with E-state index in [4.69, 9.17) is 39.9 Å². The minimum atomic E-state index is -0.437. The van der Waals surface area contributed by atoms with Crippen LogP contribution in [0.1, 0.15) is 33.2 Å². The van der Waals surface area contributed by atoms with Crippen LogP contribution in [0.5, 0.6) is 5.75 Å². The first-order valence-electron chi connectivity index (χ1n) is 9.72. The average Bonchev–Trinajstić information content (AvgIpc) is 3.18. The number of hydrogen-bond donors (Lipinski definition) is 3. The van der Waals surface area contributed by atoms with Gasteiger partial charge < -0.3 is 15.5 Å². The molecule has 0 bridgehead atoms. The number of rotatable bonds is 8. The Balaban J connectivity index is 1.74. The maximum Gasteiger partial charge on any atom is 0.252 e. The van der Waals surface area contributed by atoms with Gasteiger partial charge in [0.1, 0.15) is 12.3 Å². The third-order valence-electron chi connectivity index (χ3n) is 4.73. The number of halogens is 3. The Bertz CT molecular complexity index is 1240. The number of hydrogen-bond acceptors (Lipinski definition) is 6. The quantitative estimate of drug-likeness (QED) is 0.267. The van der Waals surface area contributed by atoms with Gasteiger partial charge in [0.2, 0.25) is 0 Å². The van der Waals surface area contributed by atoms with Gasteiger partial charge in [0.05, 0.1) is 32.1 Å². The first kappa shape index (κ1) is 25.2. The summed E-state index contributed by atoms with van der Waals surface area (Å²) in [4.78, 5) is 29.5. The lowest BCUT2D eigenvalue weighted by molar-refractivity contribution is 0.0943. The number of aliphatic hydroxyl groups is 1. The summed E-state index contributed by atoms with van der Waals surface area (Å²) in [5, 5.41) is 24.7. The minimum Gasteiger partial charge on any atom is -0.506 e. The first-order chi connectivity index (χ1) is 15.7. The van der Waals surface area contributed by atoms with Crippen LogP contribution in [-0.2, 0) is 0 Å². The number of ketones is 1. The summed E-state index contributed by atoms with van der Waals surface area (Å²) in [6.45, 7) is 1.46. The first-order valence-corrected chi connectivity index (χ1v) is 11.7. The van der Waals surface area contributed by atoms with Crippen LogP contribution in [0.15, 0.2) is 46.8 Å². The number of Topliss-reactive ketones (excluding diaryl/α,β-unsaturated/α-hetero) is 1. The van der Waals surface area contributed by atoms with Crippen molar-refractivity contribution in [1.82, 2.24) is 5.32 Å². The third kappa shape index (κ3) is 5.93. The standard InChI is InChI=1S/C23H19Cl3N2O4S/c1-12(16-11-33-22(21(16)31)14-3-5-17(24)19(26)9-14)28-10-20(30)13-2-4-15(18(25)8-13)23(32)27-6-7-29/h2-5,8-9,11,29,31H,6-7,10H2,1H3,(H,27,32). The van der Waals surface area contributed by atoms with Crippen LogP contribution >= 0.6 is 46.1 Å². The van der Waals surface area contributed by atoms with Crippen LogP contribution in [-0.4, -0.2) is 47.3 Å². The summed E-state index contributed by atoms with van der Waals surface area (Å²) < 4.78 is 0. The number of thiophene rings is 1. The molecule has 33 heavy (non-hydrogen) atoms. The fourth-order valence-corrected chi connectivity index (χ4v) is 4.52. The van der Waals surface area contributed by atoms with Crippen molar-refractivity contribution in [1.29, 1.82) is 0 Å². The molecule has 1 aromatic heterocycles. The van der Waals surface area contributed by atoms with E-state index in [1.807, 2.05) is 0 Å². The Hall–Kier alpha value is -2.42. The average molecular weight is 526 g/mol. The van der Waals surface area contributed by atoms with Crippen molar-refractivity contribution in [2.75, 3.05) is 19.7 Å². The monoisotopic (exact) mass is 524 g/mol. The summed E-state index contributed by atoms with van der Waals surface area (Å²) in [5.41, 5.74) is 2.25. The molecule has 0 radical (unpaired) electrons. The van der Waals surface area contributed by atoms with Crippen molar-refractivity contribution in [3.05, 3.63) is 73.5 Å². The second-order valence-corrected chi connectivity index (χ2v) is 9.06. The summed E-state index contributed by atoms with van der Waals surface area (Å²) >= 11 is 19.5. The smallest absolute Gasteiger partial charge is 0.252 e. The number of aliphatic hydroxyl groups excluding tert-OH is 1. The summed E-state index contributed by atoms with van der Waals surface area (Å²) in [5.74, 6) is -0.681. The molecule has 0 saturated carbocycles. The molecule has 0 aliphatic heterocycles. The van der Waals surface area contributed by atoms with Gasteiger partial charge in [-0.25, -0.2) is 0 Å². The van der Waals surface area contributed by atoms with Gasteiger partial charge in [0.25, 0.3) is 5.91 Å². The van der Waals surface area contributed by atoms with Crippen molar-refractivity contribution >= 4 is 63.5 Å². The molecule has 1 heterocycles. The highest BCUT2D eigenvalue weighted by molar-refractivity contribution is 7.14. The van der Waals surface area contributed by atoms with Crippen LogP contribution in [0.2, 0.25) is 15.1 Å². The molecule has 3 rings (SSSR count). The van der Waals surface area contributed by atoms with Gasteiger partial charge in [-0.1, -0.05) is 46.9 Å². The zero-order valence-corrected chi connectivity index (χ0v) is 20.4. The Kier molecular flexibility index (Phi) is 8.51. The van der Waals surface area contributed by atoms with E-state index in [2.05, 4.69) is 10.3 Å². The molecule has 0 unspecified atom stereocenters. The zero-order valence-electron chi connectivity index (χ0n) is 17.4. The number of aromatic hydroxyl groups is 1. The lowest BCUT2D eigenvalue weighted by Crippen LogP contribution is -2.26. The van der Waals surface area contributed by atoms with Crippen molar-refractivity contribution in [3.63, 3.8) is 0 Å². The lowest BCUT2D eigenvalue weighted by atomic mass is 10.1. The van der Waals surface area contributed by atoms with Gasteiger partial charge in [-0.05, 0) is 36.8 Å². The number of nitrogens with one attached hydrogen (secondary N) is 1. The maximum atomic E-state index is 12.6. The minimum absolute atomic E-state index is 0.0494. The molecule has 3 aromatic rings. The van der Waals surface area contributed by atoms with Crippen LogP contribution in [0.3, 0.4) is 0 Å². The molecule has 0 atom stereocenters. The second-order valence-electron chi connectivity index (χ2n) is 6.95. The highest BCUT2D eigenvalue weighted by atomic mass is 35.5. The van der Waals surface area contributed by atoms with E-state index >= 15 is 0 Å². The zero-order chi connectivity index (χ0) is 24.1. The number of carbonyl (C=O) groups excluding carboxylic acids is 2. The molecule has 6 nitrogen and oxygen atoms in total. The molecular formula is C23H19Cl3N2O4S. The molecule has 0 saturated heterocycles. The molecule has 3 N–H and O–H groups in total. The van der Waals surface area contributed by atoms with Crippen molar-refractivity contribution in [2.24, 2.45) is 4.99 Å². The Morgan fingerprint density at radius 2 is 1.79 bits per heavy atom. The highest BCUT2D eigenvalue weighted by Crippen LogP contribution is 2.40. The van der Waals surface area contributed by atoms with Crippen molar-refractivity contribution in [3.8, 4) is 16.2 Å². The van der Waals surface area contributed by atoms with Gasteiger partial charge >= 0.3 is 0 Å². The van der Waals surface area contributed by atoms with Gasteiger partial charge in [-0.2, -0.15) is 0 Å². The third-order valence-corrected chi connectivity index (χ3v) is 6.80. The van der Waals surface area contributed by atoms with Crippen molar-refractivity contribution < 1.29 is 19.8 Å². The summed E-state index contributed by atoms with van der Waals surface area (Å²) in [6.07, 6.45) is 0. The topological polar surface area (TPSA) is 99.0 Å². The highest BCUT2D eigenvalue weighted by Gasteiger charge is 2.17. The molecule has 0 aliphatic carbocycles. The maximum absolute atomic E-state index is 12.6. The van der Waals surface area contributed by atoms with E-state index in [1.165, 1.54) is 29.5 Å². The van der Waals surface area contributed by atoms with E-state index in [-0.39, 0.29) is 41.8 Å². The molecule has 0 aliphatic rings. The van der Waals surface area contributed by atoms with E-state index in [1.54, 1.807) is 30.5 Å². The predicted molar refractivity (Wildman–Crippen MR) is 134 cm³/mol. The molecule has 172 valence electrons. The Morgan fingerprint density at radius 3 is 2.45 bits per heavy atom. The van der Waals surface area contributed by atoms with Gasteiger partial charge in [-0.3, -0.25) is 14.6 Å². The molecule has 10 heteroatoms. The summed E-state index contributed by atoms with van der Waals surface area (Å²) in [6, 6.07) is 9.45. The van der Waals surface area contributed by atoms with E-state index in [9.17, 15) is 14.7 Å². The Labute approximate surface area is 209 Å². The van der Waals surface area contributed by atoms with Gasteiger partial charge in [0.15, 0.2) is 5.78 Å². The molecule has 1 amide bonds. The van der Waals surface area contributed by atoms with Gasteiger partial charge in [-0.15, -0.1) is 11.3 Å². The number of benzene rings is 2. The van der Waals surface area contributed by atoms with Crippen LogP contribution in [0.4, 0.5) is 0 Å². The lowest BCUT2D eigenvalue weighted by Gasteiger charge is -2.07. The molecule has 0 spiro atoms. The van der Waals surface area contributed by atoms with E-state index in [0.717, 1.165) is 5.56 Å². The largest absolute Gasteiger partial charge is 0.506 e. The second kappa shape index (κ2) is 11.1. The predicted octanol–water partition coefficient (Wildman–Crippen LogP) is 5.49. The molecule has 0 fully saturated rings. The molecule has 2 aromatic carbocycles. The number of nitrogens with zero attached hydrogens (tertiary/aromatic N) is 1. The number of amides is 1. The van der Waals surface area contributed by atoms with Crippen molar-refractivity contribution in [2.45, 2.75) is 6.92 Å². The molecular weight excluding hydrogens is 507 g/mol. The number of aliphatic imine (C=N–C) groups is 1. The van der Waals surface area contributed by atoms with Crippen LogP contribution in [0, 0.1) is 0 Å². The SMILES string of the molecule is CC(=NCC(=O)c1ccc(C(=O)NCCO)c(Cl)c1)c1csc(-c2ccc(Cl)c(Cl)c2)c1O. The van der Waals surface area contributed by atoms with E-state index < -0.39 is 5.91 Å². The van der Waals surface area contributed by atoms with E-state index in [0.29, 0.717) is 31.8 Å².